The van der Waals surface area contributed by atoms with E-state index in [9.17, 15) is 9.50 Å². The largest absolute Gasteiger partial charge is 0.507 e. The van der Waals surface area contributed by atoms with Crippen molar-refractivity contribution < 1.29 is 14.2 Å². The van der Waals surface area contributed by atoms with Crippen LogP contribution in [0.15, 0.2) is 55.1 Å². The van der Waals surface area contributed by atoms with Crippen LogP contribution >= 0.6 is 0 Å². The molecule has 0 radical (unpaired) electrons. The molecule has 2 aliphatic heterocycles. The van der Waals surface area contributed by atoms with Crippen molar-refractivity contribution in [1.29, 1.82) is 0 Å². The zero-order valence-corrected chi connectivity index (χ0v) is 16.6. The van der Waals surface area contributed by atoms with Crippen molar-refractivity contribution in [2.45, 2.75) is 37.2 Å². The van der Waals surface area contributed by atoms with Gasteiger partial charge in [0.1, 0.15) is 24.5 Å². The summed E-state index contributed by atoms with van der Waals surface area (Å²) >= 11 is 0. The second-order valence-electron chi connectivity index (χ2n) is 7.95. The van der Waals surface area contributed by atoms with E-state index in [1.165, 1.54) is 0 Å². The molecule has 5 rings (SSSR count). The second-order valence-corrected chi connectivity index (χ2v) is 7.95. The number of aromatic nitrogens is 5. The summed E-state index contributed by atoms with van der Waals surface area (Å²) in [5, 5.41) is 26.2. The Morgan fingerprint density at radius 3 is 2.67 bits per heavy atom. The number of hydrogen-bond acceptors (Lipinski definition) is 7. The standard InChI is InChI=1S/C21H21FN6O2/c1-21-8-7-16(27(21)2)20(22)18(10-21)30-19-6-5-15(25-26-19)14-4-3-13(9-17(14)29)28-11-23-24-12-28/h3-9,11-12,16,18,20,29H,10H2,1-2H3/t16?,18-,20+,21-/m0/s1. The number of phenols is 1. The summed E-state index contributed by atoms with van der Waals surface area (Å²) in [6.45, 7) is 2.08. The zero-order valence-electron chi connectivity index (χ0n) is 16.6. The Kier molecular flexibility index (Phi) is 4.28. The van der Waals surface area contributed by atoms with Gasteiger partial charge in [-0.15, -0.1) is 20.4 Å². The number of alkyl halides is 1. The van der Waals surface area contributed by atoms with Crippen molar-refractivity contribution in [2.24, 2.45) is 0 Å². The van der Waals surface area contributed by atoms with Crippen molar-refractivity contribution >= 4 is 0 Å². The zero-order chi connectivity index (χ0) is 20.9. The molecule has 2 bridgehead atoms. The van der Waals surface area contributed by atoms with Crippen molar-refractivity contribution in [3.63, 3.8) is 0 Å². The summed E-state index contributed by atoms with van der Waals surface area (Å²) in [5.41, 5.74) is 1.53. The molecular weight excluding hydrogens is 387 g/mol. The van der Waals surface area contributed by atoms with E-state index in [0.717, 1.165) is 5.69 Å². The molecule has 2 aromatic heterocycles. The predicted molar refractivity (Wildman–Crippen MR) is 107 cm³/mol. The highest BCUT2D eigenvalue weighted by molar-refractivity contribution is 5.68. The van der Waals surface area contributed by atoms with Crippen molar-refractivity contribution in [3.05, 3.63) is 55.1 Å². The fraction of sp³-hybridized carbons (Fsp3) is 0.333. The molecule has 8 nitrogen and oxygen atoms in total. The van der Waals surface area contributed by atoms with Gasteiger partial charge in [0.05, 0.1) is 17.4 Å². The van der Waals surface area contributed by atoms with Gasteiger partial charge in [-0.2, -0.15) is 0 Å². The number of halogens is 1. The summed E-state index contributed by atoms with van der Waals surface area (Å²) in [6.07, 6.45) is 5.85. The monoisotopic (exact) mass is 408 g/mol. The molecule has 2 aliphatic rings. The molecule has 0 amide bonds. The Hall–Kier alpha value is -3.33. The third-order valence-corrected chi connectivity index (χ3v) is 6.09. The maximum atomic E-state index is 14.9. The SMILES string of the molecule is CN1C2C=C[C@@]1(C)C[C@H](Oc1ccc(-c3ccc(-n4cnnc4)cc3O)nn1)[C@@H]2F. The highest BCUT2D eigenvalue weighted by Crippen LogP contribution is 2.40. The van der Waals surface area contributed by atoms with Gasteiger partial charge in [-0.3, -0.25) is 9.47 Å². The third kappa shape index (κ3) is 3.02. The van der Waals surface area contributed by atoms with E-state index in [-0.39, 0.29) is 23.2 Å². The topological polar surface area (TPSA) is 89.2 Å². The average molecular weight is 408 g/mol. The maximum absolute atomic E-state index is 14.9. The molecule has 3 aromatic rings. The second kappa shape index (κ2) is 6.88. The number of fused-ring (bicyclic) bond motifs is 2. The van der Waals surface area contributed by atoms with Crippen molar-refractivity contribution in [3.8, 4) is 28.6 Å². The lowest BCUT2D eigenvalue weighted by Crippen LogP contribution is -2.58. The Morgan fingerprint density at radius 2 is 1.97 bits per heavy atom. The lowest BCUT2D eigenvalue weighted by Gasteiger charge is -2.45. The fourth-order valence-corrected chi connectivity index (χ4v) is 4.18. The van der Waals surface area contributed by atoms with Gasteiger partial charge in [0.2, 0.25) is 5.88 Å². The first-order valence-electron chi connectivity index (χ1n) is 9.70. The number of phenolic OH excluding ortho intramolecular Hbond substituents is 1. The molecule has 1 N–H and O–H groups in total. The van der Waals surface area contributed by atoms with Crippen molar-refractivity contribution in [2.75, 3.05) is 7.05 Å². The molecule has 9 heteroatoms. The number of hydrogen-bond donors (Lipinski definition) is 1. The number of likely N-dealkylation sites (N-methyl/N-ethyl adjacent to an activating group) is 1. The molecule has 1 saturated heterocycles. The normalized spacial score (nSPS) is 28.0. The maximum Gasteiger partial charge on any atom is 0.233 e. The Bertz CT molecular complexity index is 1090. The number of piperidine rings is 1. The smallest absolute Gasteiger partial charge is 0.233 e. The summed E-state index contributed by atoms with van der Waals surface area (Å²) in [5.74, 6) is 0.318. The van der Waals surface area contributed by atoms with Crippen molar-refractivity contribution in [1.82, 2.24) is 29.9 Å². The molecule has 4 atom stereocenters. The van der Waals surface area contributed by atoms with E-state index < -0.39 is 12.3 Å². The van der Waals surface area contributed by atoms with Gasteiger partial charge >= 0.3 is 0 Å². The van der Waals surface area contributed by atoms with Gasteiger partial charge in [0.15, 0.2) is 6.17 Å². The van der Waals surface area contributed by atoms with Crippen LogP contribution in [0.2, 0.25) is 0 Å². The van der Waals surface area contributed by atoms with Crippen LogP contribution < -0.4 is 4.74 Å². The molecule has 1 unspecified atom stereocenters. The highest BCUT2D eigenvalue weighted by atomic mass is 19.1. The first-order valence-corrected chi connectivity index (χ1v) is 9.70. The quantitative estimate of drug-likeness (QED) is 0.664. The molecule has 30 heavy (non-hydrogen) atoms. The van der Waals surface area contributed by atoms with E-state index in [2.05, 4.69) is 33.4 Å². The first-order chi connectivity index (χ1) is 14.4. The van der Waals surface area contributed by atoms with Crippen LogP contribution in [0.3, 0.4) is 0 Å². The lowest BCUT2D eigenvalue weighted by atomic mass is 9.88. The molecule has 0 spiro atoms. The third-order valence-electron chi connectivity index (χ3n) is 6.09. The van der Waals surface area contributed by atoms with E-state index in [4.69, 9.17) is 4.74 Å². The van der Waals surface area contributed by atoms with Gasteiger partial charge < -0.3 is 9.84 Å². The predicted octanol–water partition coefficient (Wildman–Crippen LogP) is 2.55. The van der Waals surface area contributed by atoms with Gasteiger partial charge in [-0.05, 0) is 32.2 Å². The molecule has 0 saturated carbocycles. The number of benzene rings is 1. The minimum Gasteiger partial charge on any atom is -0.507 e. The fourth-order valence-electron chi connectivity index (χ4n) is 4.18. The molecule has 1 fully saturated rings. The molecule has 4 heterocycles. The summed E-state index contributed by atoms with van der Waals surface area (Å²) in [7, 11) is 1.93. The van der Waals surface area contributed by atoms with Crippen LogP contribution in [0.25, 0.3) is 16.9 Å². The summed E-state index contributed by atoms with van der Waals surface area (Å²) < 4.78 is 22.4. The minimum absolute atomic E-state index is 0.0545. The van der Waals surface area contributed by atoms with Crippen LogP contribution in [0, 0.1) is 0 Å². The Morgan fingerprint density at radius 1 is 1.17 bits per heavy atom. The van der Waals surface area contributed by atoms with E-state index in [1.807, 2.05) is 24.1 Å². The Balaban J connectivity index is 1.33. The van der Waals surface area contributed by atoms with Crippen LogP contribution in [0.4, 0.5) is 4.39 Å². The van der Waals surface area contributed by atoms with Gasteiger partial charge in [-0.25, -0.2) is 4.39 Å². The first kappa shape index (κ1) is 18.7. The van der Waals surface area contributed by atoms with Crippen LogP contribution in [0.1, 0.15) is 13.3 Å². The number of aromatic hydroxyl groups is 1. The lowest BCUT2D eigenvalue weighted by molar-refractivity contribution is -0.0365. The van der Waals surface area contributed by atoms with Gasteiger partial charge in [0, 0.05) is 29.7 Å². The summed E-state index contributed by atoms with van der Waals surface area (Å²) in [4.78, 5) is 2.04. The Labute approximate surface area is 172 Å². The molecule has 1 aromatic carbocycles. The minimum atomic E-state index is -1.14. The van der Waals surface area contributed by atoms with Crippen LogP contribution in [-0.4, -0.2) is 65.9 Å². The van der Waals surface area contributed by atoms with Gasteiger partial charge in [-0.1, -0.05) is 12.2 Å². The molecule has 0 aliphatic carbocycles. The molecule has 154 valence electrons. The van der Waals surface area contributed by atoms with Crippen LogP contribution in [-0.2, 0) is 0 Å². The van der Waals surface area contributed by atoms with E-state index in [0.29, 0.717) is 17.7 Å². The van der Waals surface area contributed by atoms with E-state index in [1.54, 1.807) is 41.5 Å². The van der Waals surface area contributed by atoms with Gasteiger partial charge in [0.25, 0.3) is 0 Å². The molecular formula is C21H21FN6O2. The highest BCUT2D eigenvalue weighted by Gasteiger charge is 2.50. The number of nitrogens with zero attached hydrogens (tertiary/aromatic N) is 6. The van der Waals surface area contributed by atoms with Crippen LogP contribution in [0.5, 0.6) is 11.6 Å². The van der Waals surface area contributed by atoms with E-state index >= 15 is 0 Å². The summed E-state index contributed by atoms with van der Waals surface area (Å²) in [6, 6.07) is 8.22. The average Bonchev–Trinajstić information content (AvgIpc) is 3.34. The number of ether oxygens (including phenoxy) is 1. The number of rotatable bonds is 4.